The Balaban J connectivity index is 2.01. The summed E-state index contributed by atoms with van der Waals surface area (Å²) in [7, 11) is 0. The van der Waals surface area contributed by atoms with E-state index in [-0.39, 0.29) is 36.4 Å². The molecule has 0 radical (unpaired) electrons. The molecule has 8 heteroatoms. The van der Waals surface area contributed by atoms with Crippen LogP contribution in [0.1, 0.15) is 55.2 Å². The van der Waals surface area contributed by atoms with E-state index in [4.69, 9.17) is 5.26 Å². The van der Waals surface area contributed by atoms with E-state index in [0.717, 1.165) is 11.3 Å². The molecular formula is C23H27N5O3. The molecule has 3 unspecified atom stereocenters. The van der Waals surface area contributed by atoms with Crippen molar-refractivity contribution in [3.05, 3.63) is 53.2 Å². The van der Waals surface area contributed by atoms with Crippen molar-refractivity contribution < 1.29 is 14.7 Å². The number of nitriles is 1. The van der Waals surface area contributed by atoms with Crippen molar-refractivity contribution in [2.24, 2.45) is 5.92 Å². The Kier molecular flexibility index (Phi) is 6.56. The molecule has 2 heterocycles. The molecule has 0 spiro atoms. The number of anilines is 2. The molecule has 3 rings (SSSR count). The van der Waals surface area contributed by atoms with Crippen molar-refractivity contribution in [3.8, 4) is 6.07 Å². The number of aromatic nitrogens is 1. The number of rotatable bonds is 5. The topological polar surface area (TPSA) is 118 Å². The second-order valence-electron chi connectivity index (χ2n) is 7.99. The van der Waals surface area contributed by atoms with Gasteiger partial charge in [0.1, 0.15) is 11.9 Å². The highest BCUT2D eigenvalue weighted by Gasteiger charge is 2.38. The third-order valence-corrected chi connectivity index (χ3v) is 5.67. The predicted octanol–water partition coefficient (Wildman–Crippen LogP) is 2.61. The first kappa shape index (κ1) is 22.2. The van der Waals surface area contributed by atoms with Crippen LogP contribution in [0.4, 0.5) is 11.5 Å². The molecule has 31 heavy (non-hydrogen) atoms. The van der Waals surface area contributed by atoms with Crippen molar-refractivity contribution >= 4 is 23.3 Å². The van der Waals surface area contributed by atoms with E-state index in [2.05, 4.69) is 21.7 Å². The highest BCUT2D eigenvalue weighted by molar-refractivity contribution is 5.98. The summed E-state index contributed by atoms with van der Waals surface area (Å²) >= 11 is 0. The van der Waals surface area contributed by atoms with Crippen molar-refractivity contribution in [2.45, 2.75) is 45.9 Å². The minimum Gasteiger partial charge on any atom is -0.392 e. The van der Waals surface area contributed by atoms with Crippen LogP contribution in [0.3, 0.4) is 0 Å². The normalized spacial score (nSPS) is 20.9. The Morgan fingerprint density at radius 1 is 1.29 bits per heavy atom. The van der Waals surface area contributed by atoms with Crippen LogP contribution < -0.4 is 15.5 Å². The fourth-order valence-corrected chi connectivity index (χ4v) is 3.89. The van der Waals surface area contributed by atoms with Crippen LogP contribution in [-0.4, -0.2) is 40.6 Å². The van der Waals surface area contributed by atoms with E-state index in [1.54, 1.807) is 42.2 Å². The van der Waals surface area contributed by atoms with Gasteiger partial charge in [0.2, 0.25) is 5.91 Å². The van der Waals surface area contributed by atoms with Crippen LogP contribution in [-0.2, 0) is 4.79 Å². The number of aliphatic hydroxyl groups excluding tert-OH is 1. The molecule has 0 saturated carbocycles. The first-order valence-corrected chi connectivity index (χ1v) is 10.3. The highest BCUT2D eigenvalue weighted by Crippen LogP contribution is 2.42. The van der Waals surface area contributed by atoms with Crippen LogP contribution in [0.5, 0.6) is 0 Å². The van der Waals surface area contributed by atoms with Gasteiger partial charge in [-0.2, -0.15) is 5.26 Å². The van der Waals surface area contributed by atoms with E-state index >= 15 is 0 Å². The number of nitrogens with one attached hydrogen (secondary N) is 2. The molecule has 1 aromatic carbocycles. The number of pyridine rings is 1. The number of carbonyl (C=O) groups is 2. The van der Waals surface area contributed by atoms with Gasteiger partial charge in [-0.1, -0.05) is 6.92 Å². The van der Waals surface area contributed by atoms with Crippen LogP contribution in [0, 0.1) is 17.2 Å². The van der Waals surface area contributed by atoms with Crippen LogP contribution in [0.15, 0.2) is 36.5 Å². The summed E-state index contributed by atoms with van der Waals surface area (Å²) in [5.41, 5.74) is 2.48. The average molecular weight is 422 g/mol. The molecule has 162 valence electrons. The summed E-state index contributed by atoms with van der Waals surface area (Å²) in [6.45, 7) is 7.33. The average Bonchev–Trinajstić information content (AvgIpc) is 2.75. The zero-order chi connectivity index (χ0) is 22.7. The lowest BCUT2D eigenvalue weighted by molar-refractivity contribution is -0.117. The Labute approximate surface area is 181 Å². The molecule has 1 aliphatic rings. The van der Waals surface area contributed by atoms with E-state index in [0.29, 0.717) is 16.9 Å². The summed E-state index contributed by atoms with van der Waals surface area (Å²) in [5, 5.41) is 24.6. The van der Waals surface area contributed by atoms with Gasteiger partial charge in [-0.3, -0.25) is 9.59 Å². The highest BCUT2D eigenvalue weighted by atomic mass is 16.3. The molecule has 3 N–H and O–H groups in total. The Bertz CT molecular complexity index is 1010. The van der Waals surface area contributed by atoms with Gasteiger partial charge in [0.15, 0.2) is 0 Å². The molecule has 2 aromatic rings. The Morgan fingerprint density at radius 3 is 2.61 bits per heavy atom. The van der Waals surface area contributed by atoms with Gasteiger partial charge >= 0.3 is 0 Å². The van der Waals surface area contributed by atoms with E-state index in [1.807, 2.05) is 13.8 Å². The molecule has 4 atom stereocenters. The van der Waals surface area contributed by atoms with Gasteiger partial charge in [0, 0.05) is 42.9 Å². The molecule has 0 fully saturated rings. The SMILES string of the molecule is CC(=O)N1c2ccc(C(=O)NC[C@@H](C)O)cc2C(Nc2ccc(C#N)cn2)C(C)C1C. The summed E-state index contributed by atoms with van der Waals surface area (Å²) in [6.07, 6.45) is 0.856. The van der Waals surface area contributed by atoms with E-state index in [1.165, 1.54) is 13.1 Å². The fraction of sp³-hybridized carbons (Fsp3) is 0.391. The quantitative estimate of drug-likeness (QED) is 0.683. The number of hydrogen-bond acceptors (Lipinski definition) is 6. The Hall–Kier alpha value is -3.44. The lowest BCUT2D eigenvalue weighted by Crippen LogP contribution is -2.48. The monoisotopic (exact) mass is 421 g/mol. The summed E-state index contributed by atoms with van der Waals surface area (Å²) in [4.78, 5) is 31.0. The van der Waals surface area contributed by atoms with Gasteiger partial charge in [0.25, 0.3) is 5.91 Å². The minimum absolute atomic E-state index is 0.0182. The Morgan fingerprint density at radius 2 is 2.03 bits per heavy atom. The molecule has 1 aromatic heterocycles. The van der Waals surface area contributed by atoms with Crippen LogP contribution >= 0.6 is 0 Å². The third kappa shape index (κ3) is 4.67. The van der Waals surface area contributed by atoms with Crippen molar-refractivity contribution in [3.63, 3.8) is 0 Å². The first-order chi connectivity index (χ1) is 14.7. The van der Waals surface area contributed by atoms with Gasteiger partial charge in [-0.25, -0.2) is 4.98 Å². The van der Waals surface area contributed by atoms with Crippen molar-refractivity contribution in [1.82, 2.24) is 10.3 Å². The summed E-state index contributed by atoms with van der Waals surface area (Å²) < 4.78 is 0. The van der Waals surface area contributed by atoms with Gasteiger partial charge in [-0.15, -0.1) is 0 Å². The van der Waals surface area contributed by atoms with E-state index in [9.17, 15) is 14.7 Å². The second-order valence-corrected chi connectivity index (χ2v) is 7.99. The lowest BCUT2D eigenvalue weighted by atomic mass is 9.82. The van der Waals surface area contributed by atoms with Crippen LogP contribution in [0.25, 0.3) is 0 Å². The van der Waals surface area contributed by atoms with E-state index < -0.39 is 6.10 Å². The lowest BCUT2D eigenvalue weighted by Gasteiger charge is -2.44. The zero-order valence-electron chi connectivity index (χ0n) is 18.1. The zero-order valence-corrected chi connectivity index (χ0v) is 18.1. The maximum atomic E-state index is 12.6. The standard InChI is InChI=1S/C23H27N5O3/c1-13(29)11-26-23(31)18-6-7-20-19(9-18)22(14(2)15(3)28(20)16(4)30)27-21-8-5-17(10-24)12-25-21/h5-9,12-15,22,29H,11H2,1-4H3,(H,25,27)(H,26,31)/t13-,14?,15?,22?/m1/s1. The van der Waals surface area contributed by atoms with Gasteiger partial charge in [0.05, 0.1) is 17.7 Å². The molecule has 0 aliphatic carbocycles. The van der Waals surface area contributed by atoms with Gasteiger partial charge < -0.3 is 20.6 Å². The molecule has 8 nitrogen and oxygen atoms in total. The maximum Gasteiger partial charge on any atom is 0.251 e. The molecule has 2 amide bonds. The number of nitrogens with zero attached hydrogens (tertiary/aromatic N) is 3. The molecule has 1 aliphatic heterocycles. The predicted molar refractivity (Wildman–Crippen MR) is 118 cm³/mol. The number of amides is 2. The maximum absolute atomic E-state index is 12.6. The summed E-state index contributed by atoms with van der Waals surface area (Å²) in [5.74, 6) is 0.264. The van der Waals surface area contributed by atoms with Crippen LogP contribution in [0.2, 0.25) is 0 Å². The molecule has 0 saturated heterocycles. The fourth-order valence-electron chi connectivity index (χ4n) is 3.89. The third-order valence-electron chi connectivity index (χ3n) is 5.67. The van der Waals surface area contributed by atoms with Crippen molar-refractivity contribution in [1.29, 1.82) is 5.26 Å². The first-order valence-electron chi connectivity index (χ1n) is 10.3. The number of benzene rings is 1. The van der Waals surface area contributed by atoms with Crippen molar-refractivity contribution in [2.75, 3.05) is 16.8 Å². The second kappa shape index (κ2) is 9.14. The molecular weight excluding hydrogens is 394 g/mol. The largest absolute Gasteiger partial charge is 0.392 e. The number of hydrogen-bond donors (Lipinski definition) is 3. The smallest absolute Gasteiger partial charge is 0.251 e. The minimum atomic E-state index is -0.646. The summed E-state index contributed by atoms with van der Waals surface area (Å²) in [6, 6.07) is 10.5. The number of fused-ring (bicyclic) bond motifs is 1. The van der Waals surface area contributed by atoms with Gasteiger partial charge in [-0.05, 0) is 49.7 Å². The number of aliphatic hydroxyl groups is 1. The molecule has 0 bridgehead atoms. The number of carbonyl (C=O) groups excluding carboxylic acids is 2.